The van der Waals surface area contributed by atoms with Gasteiger partial charge in [-0.15, -0.1) is 11.6 Å². The molecule has 4 nitrogen and oxygen atoms in total. The minimum absolute atomic E-state index is 0.0458. The molecule has 1 rings (SSSR count). The molecule has 0 saturated carbocycles. The molecule has 0 bridgehead atoms. The van der Waals surface area contributed by atoms with Crippen molar-refractivity contribution >= 4 is 23.4 Å². The van der Waals surface area contributed by atoms with Crippen molar-refractivity contribution in [2.75, 3.05) is 13.1 Å². The number of hydrogen-bond acceptors (Lipinski definition) is 2. The molecule has 0 aliphatic carbocycles. The SMILES string of the molecule is CC(=O)N1CC(NC(=O)C(C)Cl)C1. The van der Waals surface area contributed by atoms with Gasteiger partial charge in [0.2, 0.25) is 11.8 Å². The highest BCUT2D eigenvalue weighted by atomic mass is 35.5. The van der Waals surface area contributed by atoms with E-state index in [0.717, 1.165) is 0 Å². The molecule has 5 heteroatoms. The molecule has 1 aliphatic heterocycles. The van der Waals surface area contributed by atoms with Gasteiger partial charge in [-0.3, -0.25) is 9.59 Å². The molecular weight excluding hydrogens is 192 g/mol. The Morgan fingerprint density at radius 1 is 1.54 bits per heavy atom. The number of halogens is 1. The Labute approximate surface area is 82.2 Å². The third-order valence-corrected chi connectivity index (χ3v) is 2.23. The van der Waals surface area contributed by atoms with Crippen LogP contribution in [0.1, 0.15) is 13.8 Å². The lowest BCUT2D eigenvalue weighted by Gasteiger charge is -2.39. The lowest BCUT2D eigenvalue weighted by atomic mass is 10.1. The first-order valence-electron chi connectivity index (χ1n) is 4.20. The van der Waals surface area contributed by atoms with E-state index in [4.69, 9.17) is 11.6 Å². The quantitative estimate of drug-likeness (QED) is 0.642. The van der Waals surface area contributed by atoms with Crippen LogP contribution < -0.4 is 5.32 Å². The van der Waals surface area contributed by atoms with E-state index in [1.54, 1.807) is 11.8 Å². The van der Waals surface area contributed by atoms with E-state index in [9.17, 15) is 9.59 Å². The van der Waals surface area contributed by atoms with E-state index >= 15 is 0 Å². The summed E-state index contributed by atoms with van der Waals surface area (Å²) in [4.78, 5) is 23.5. The zero-order valence-corrected chi connectivity index (χ0v) is 8.47. The fourth-order valence-electron chi connectivity index (χ4n) is 1.14. The van der Waals surface area contributed by atoms with Crippen LogP contribution in [0.5, 0.6) is 0 Å². The normalized spacial score (nSPS) is 19.2. The fourth-order valence-corrected chi connectivity index (χ4v) is 1.21. The molecule has 2 amide bonds. The number of nitrogens with one attached hydrogen (secondary N) is 1. The van der Waals surface area contributed by atoms with Crippen LogP contribution in [-0.2, 0) is 9.59 Å². The highest BCUT2D eigenvalue weighted by molar-refractivity contribution is 6.30. The van der Waals surface area contributed by atoms with Gasteiger partial charge >= 0.3 is 0 Å². The van der Waals surface area contributed by atoms with Crippen LogP contribution in [0.3, 0.4) is 0 Å². The van der Waals surface area contributed by atoms with Crippen LogP contribution in [0, 0.1) is 0 Å². The Morgan fingerprint density at radius 2 is 2.08 bits per heavy atom. The van der Waals surface area contributed by atoms with Crippen LogP contribution in [0.15, 0.2) is 0 Å². The number of carbonyl (C=O) groups is 2. The maximum absolute atomic E-state index is 11.1. The molecular formula is C8H13ClN2O2. The second kappa shape index (κ2) is 3.96. The molecule has 1 atom stereocenters. The molecule has 1 N–H and O–H groups in total. The van der Waals surface area contributed by atoms with Crippen LogP contribution >= 0.6 is 11.6 Å². The maximum Gasteiger partial charge on any atom is 0.238 e. The van der Waals surface area contributed by atoms with Crippen molar-refractivity contribution in [2.24, 2.45) is 0 Å². The monoisotopic (exact) mass is 204 g/mol. The summed E-state index contributed by atoms with van der Waals surface area (Å²) in [6, 6.07) is 0.0811. The van der Waals surface area contributed by atoms with Crippen molar-refractivity contribution in [1.82, 2.24) is 10.2 Å². The molecule has 1 fully saturated rings. The maximum atomic E-state index is 11.1. The van der Waals surface area contributed by atoms with Gasteiger partial charge in [0.05, 0.1) is 6.04 Å². The molecule has 1 unspecified atom stereocenters. The van der Waals surface area contributed by atoms with Gasteiger partial charge in [0, 0.05) is 20.0 Å². The third-order valence-electron chi connectivity index (χ3n) is 2.03. The minimum Gasteiger partial charge on any atom is -0.349 e. The summed E-state index contributed by atoms with van der Waals surface area (Å²) in [5, 5.41) is 2.23. The molecule has 0 aromatic carbocycles. The van der Waals surface area contributed by atoms with E-state index in [0.29, 0.717) is 13.1 Å². The molecule has 0 radical (unpaired) electrons. The molecule has 13 heavy (non-hydrogen) atoms. The smallest absolute Gasteiger partial charge is 0.238 e. The summed E-state index contributed by atoms with van der Waals surface area (Å²) >= 11 is 5.56. The second-order valence-corrected chi connectivity index (χ2v) is 3.90. The largest absolute Gasteiger partial charge is 0.349 e. The first-order chi connectivity index (χ1) is 6.00. The van der Waals surface area contributed by atoms with E-state index in [-0.39, 0.29) is 17.9 Å². The van der Waals surface area contributed by atoms with Gasteiger partial charge in [0.25, 0.3) is 0 Å². The lowest BCUT2D eigenvalue weighted by Crippen LogP contribution is -2.61. The summed E-state index contributed by atoms with van der Waals surface area (Å²) in [6.45, 7) is 4.34. The number of likely N-dealkylation sites (tertiary alicyclic amines) is 1. The van der Waals surface area contributed by atoms with Crippen LogP contribution in [0.25, 0.3) is 0 Å². The average molecular weight is 205 g/mol. The van der Waals surface area contributed by atoms with E-state index in [2.05, 4.69) is 5.32 Å². The van der Waals surface area contributed by atoms with Crippen LogP contribution in [-0.4, -0.2) is 41.2 Å². The molecule has 1 aliphatic rings. The minimum atomic E-state index is -0.508. The first-order valence-corrected chi connectivity index (χ1v) is 4.64. The van der Waals surface area contributed by atoms with Crippen molar-refractivity contribution in [2.45, 2.75) is 25.3 Å². The highest BCUT2D eigenvalue weighted by Gasteiger charge is 2.30. The number of amides is 2. The Hall–Kier alpha value is -0.770. The van der Waals surface area contributed by atoms with Crippen molar-refractivity contribution < 1.29 is 9.59 Å². The van der Waals surface area contributed by atoms with Crippen LogP contribution in [0.2, 0.25) is 0 Å². The Balaban J connectivity index is 2.22. The highest BCUT2D eigenvalue weighted by Crippen LogP contribution is 2.08. The van der Waals surface area contributed by atoms with Crippen molar-refractivity contribution in [3.63, 3.8) is 0 Å². The number of alkyl halides is 1. The van der Waals surface area contributed by atoms with Gasteiger partial charge in [0.1, 0.15) is 5.38 Å². The third kappa shape index (κ3) is 2.59. The summed E-state index contributed by atoms with van der Waals surface area (Å²) in [7, 11) is 0. The number of carbonyl (C=O) groups excluding carboxylic acids is 2. The summed E-state index contributed by atoms with van der Waals surface area (Å²) in [5.74, 6) is -0.126. The Morgan fingerprint density at radius 3 is 2.46 bits per heavy atom. The van der Waals surface area contributed by atoms with Gasteiger partial charge in [-0.05, 0) is 6.92 Å². The number of rotatable bonds is 2. The van der Waals surface area contributed by atoms with Gasteiger partial charge < -0.3 is 10.2 Å². The van der Waals surface area contributed by atoms with E-state index in [1.165, 1.54) is 6.92 Å². The Bertz CT molecular complexity index is 224. The van der Waals surface area contributed by atoms with E-state index < -0.39 is 5.38 Å². The molecule has 0 aromatic rings. The van der Waals surface area contributed by atoms with Gasteiger partial charge in [-0.2, -0.15) is 0 Å². The van der Waals surface area contributed by atoms with Crippen molar-refractivity contribution in [3.05, 3.63) is 0 Å². The van der Waals surface area contributed by atoms with Crippen molar-refractivity contribution in [3.8, 4) is 0 Å². The standard InChI is InChI=1S/C8H13ClN2O2/c1-5(9)8(13)10-7-3-11(4-7)6(2)12/h5,7H,3-4H2,1-2H3,(H,10,13). The molecule has 0 aromatic heterocycles. The molecule has 1 heterocycles. The van der Waals surface area contributed by atoms with Gasteiger partial charge in [-0.1, -0.05) is 0 Å². The van der Waals surface area contributed by atoms with Crippen molar-refractivity contribution in [1.29, 1.82) is 0 Å². The molecule has 0 spiro atoms. The van der Waals surface area contributed by atoms with Crippen LogP contribution in [0.4, 0.5) is 0 Å². The zero-order chi connectivity index (χ0) is 10.0. The second-order valence-electron chi connectivity index (χ2n) is 3.25. The zero-order valence-electron chi connectivity index (χ0n) is 7.71. The fraction of sp³-hybridized carbons (Fsp3) is 0.750. The average Bonchev–Trinajstić information content (AvgIpc) is 1.94. The lowest BCUT2D eigenvalue weighted by molar-refractivity contribution is -0.135. The molecule has 74 valence electrons. The topological polar surface area (TPSA) is 49.4 Å². The summed E-state index contributed by atoms with van der Waals surface area (Å²) in [5.41, 5.74) is 0. The summed E-state index contributed by atoms with van der Waals surface area (Å²) in [6.07, 6.45) is 0. The predicted octanol–water partition coefficient (Wildman–Crippen LogP) is -0.0394. The summed E-state index contributed by atoms with van der Waals surface area (Å²) < 4.78 is 0. The number of hydrogen-bond donors (Lipinski definition) is 1. The predicted molar refractivity (Wildman–Crippen MR) is 49.5 cm³/mol. The Kier molecular flexibility index (Phi) is 3.14. The van der Waals surface area contributed by atoms with Gasteiger partial charge in [0.15, 0.2) is 0 Å². The van der Waals surface area contributed by atoms with E-state index in [1.807, 2.05) is 0 Å². The number of nitrogens with zero attached hydrogens (tertiary/aromatic N) is 1. The first kappa shape index (κ1) is 10.3. The molecule has 1 saturated heterocycles. The van der Waals surface area contributed by atoms with Gasteiger partial charge in [-0.25, -0.2) is 0 Å².